The highest BCUT2D eigenvalue weighted by Gasteiger charge is 2.39. The molecule has 1 N–H and O–H groups in total. The zero-order valence-corrected chi connectivity index (χ0v) is 18.8. The van der Waals surface area contributed by atoms with E-state index in [4.69, 9.17) is 17.0 Å². The molecule has 2 fully saturated rings. The van der Waals surface area contributed by atoms with Gasteiger partial charge in [-0.1, -0.05) is 12.1 Å². The number of morpholine rings is 1. The molecule has 2 aliphatic rings. The summed E-state index contributed by atoms with van der Waals surface area (Å²) in [7, 11) is 5.37. The second-order valence-electron chi connectivity index (χ2n) is 8.24. The minimum Gasteiger partial charge on any atom is -0.378 e. The van der Waals surface area contributed by atoms with Gasteiger partial charge in [0.1, 0.15) is 23.3 Å². The third-order valence-corrected chi connectivity index (χ3v) is 6.85. The Morgan fingerprint density at radius 3 is 2.42 bits per heavy atom. The second-order valence-corrected chi connectivity index (χ2v) is 8.60. The maximum atomic E-state index is 13.3. The zero-order valence-electron chi connectivity index (χ0n) is 18.0. The van der Waals surface area contributed by atoms with E-state index in [0.29, 0.717) is 34.9 Å². The molecule has 2 bridgehead atoms. The predicted molar refractivity (Wildman–Crippen MR) is 118 cm³/mol. The molecule has 7 nitrogen and oxygen atoms in total. The van der Waals surface area contributed by atoms with Crippen LogP contribution in [0, 0.1) is 21.9 Å². The average molecular weight is 443 g/mol. The van der Waals surface area contributed by atoms with Crippen LogP contribution in [0.2, 0.25) is 0 Å². The Morgan fingerprint density at radius 2 is 1.84 bits per heavy atom. The maximum absolute atomic E-state index is 13.3. The third-order valence-electron chi connectivity index (χ3n) is 6.30. The minimum atomic E-state index is -0.216. The molecule has 0 radical (unpaired) electrons. The van der Waals surface area contributed by atoms with E-state index in [9.17, 15) is 9.65 Å². The Hall–Kier alpha value is -2.54. The molecule has 2 aliphatic heterocycles. The summed E-state index contributed by atoms with van der Waals surface area (Å²) in [5, 5.41) is 13.4. The highest BCUT2D eigenvalue weighted by molar-refractivity contribution is 7.71. The Balaban J connectivity index is 1.58. The van der Waals surface area contributed by atoms with Gasteiger partial charge in [-0.3, -0.25) is 9.89 Å². The SMILES string of the molecule is C/N=c1/c(C#N)c(NC2CC3COCC(C2)N3Cc2ccc(F)cc2)n(C)c(=S)n1C. The molecule has 0 saturated carbocycles. The van der Waals surface area contributed by atoms with Crippen LogP contribution >= 0.6 is 12.2 Å². The smallest absolute Gasteiger partial charge is 0.182 e. The lowest BCUT2D eigenvalue weighted by molar-refractivity contribution is -0.0802. The number of nitriles is 1. The Bertz CT molecular complexity index is 1120. The maximum Gasteiger partial charge on any atom is 0.182 e. The van der Waals surface area contributed by atoms with E-state index in [1.54, 1.807) is 11.6 Å². The lowest BCUT2D eigenvalue weighted by Crippen LogP contribution is -2.58. The monoisotopic (exact) mass is 442 g/mol. The number of benzene rings is 1. The van der Waals surface area contributed by atoms with Gasteiger partial charge in [-0.2, -0.15) is 5.26 Å². The van der Waals surface area contributed by atoms with Gasteiger partial charge >= 0.3 is 0 Å². The van der Waals surface area contributed by atoms with Crippen LogP contribution in [0.5, 0.6) is 0 Å². The molecule has 0 amide bonds. The number of aromatic nitrogens is 2. The molecule has 0 spiro atoms. The normalized spacial score (nSPS) is 24.1. The van der Waals surface area contributed by atoms with Crippen molar-refractivity contribution in [1.82, 2.24) is 14.0 Å². The number of ether oxygens (including phenoxy) is 1. The van der Waals surface area contributed by atoms with Crippen molar-refractivity contribution < 1.29 is 9.13 Å². The van der Waals surface area contributed by atoms with Crippen LogP contribution in [0.1, 0.15) is 24.0 Å². The van der Waals surface area contributed by atoms with E-state index < -0.39 is 0 Å². The summed E-state index contributed by atoms with van der Waals surface area (Å²) < 4.78 is 23.3. The molecular formula is C22H27FN6OS. The van der Waals surface area contributed by atoms with Crippen LogP contribution in [0.3, 0.4) is 0 Å². The first kappa shape index (κ1) is 21.7. The van der Waals surface area contributed by atoms with Gasteiger partial charge < -0.3 is 19.2 Å². The molecule has 2 unspecified atom stereocenters. The molecule has 1 aromatic heterocycles. The van der Waals surface area contributed by atoms with E-state index in [1.807, 2.05) is 30.8 Å². The first-order chi connectivity index (χ1) is 14.9. The van der Waals surface area contributed by atoms with Crippen LogP contribution in [0.15, 0.2) is 29.3 Å². The fourth-order valence-corrected chi connectivity index (χ4v) is 4.92. The van der Waals surface area contributed by atoms with Crippen LogP contribution < -0.4 is 10.8 Å². The van der Waals surface area contributed by atoms with Gasteiger partial charge in [-0.25, -0.2) is 4.39 Å². The van der Waals surface area contributed by atoms with Gasteiger partial charge in [0.15, 0.2) is 10.3 Å². The lowest BCUT2D eigenvalue weighted by atomic mass is 9.89. The number of rotatable bonds is 4. The number of hydrogen-bond acceptors (Lipinski definition) is 6. The molecule has 1 aromatic carbocycles. The van der Waals surface area contributed by atoms with E-state index in [1.165, 1.54) is 12.1 Å². The van der Waals surface area contributed by atoms with E-state index >= 15 is 0 Å². The minimum absolute atomic E-state index is 0.188. The molecule has 0 aliphatic carbocycles. The largest absolute Gasteiger partial charge is 0.378 e. The summed E-state index contributed by atoms with van der Waals surface area (Å²) in [5.74, 6) is 0.495. The van der Waals surface area contributed by atoms with Crippen molar-refractivity contribution in [2.75, 3.05) is 25.6 Å². The van der Waals surface area contributed by atoms with Crippen LogP contribution in [0.25, 0.3) is 0 Å². The quantitative estimate of drug-likeness (QED) is 0.737. The summed E-state index contributed by atoms with van der Waals surface area (Å²) >= 11 is 5.55. The number of hydrogen-bond donors (Lipinski definition) is 1. The molecule has 3 heterocycles. The van der Waals surface area contributed by atoms with Gasteiger partial charge in [-0.05, 0) is 42.8 Å². The molecule has 2 aromatic rings. The van der Waals surface area contributed by atoms with Gasteiger partial charge in [0.25, 0.3) is 0 Å². The molecule has 4 rings (SSSR count). The number of fused-ring (bicyclic) bond motifs is 2. The van der Waals surface area contributed by atoms with Crippen molar-refractivity contribution in [2.24, 2.45) is 19.1 Å². The van der Waals surface area contributed by atoms with Crippen LogP contribution in [0.4, 0.5) is 10.2 Å². The van der Waals surface area contributed by atoms with E-state index in [2.05, 4.69) is 21.3 Å². The highest BCUT2D eigenvalue weighted by atomic mass is 32.1. The Morgan fingerprint density at radius 1 is 1.19 bits per heavy atom. The summed E-state index contributed by atoms with van der Waals surface area (Å²) in [6, 6.07) is 9.71. The summed E-state index contributed by atoms with van der Waals surface area (Å²) in [5.41, 5.74) is 2.17. The van der Waals surface area contributed by atoms with Crippen molar-refractivity contribution in [1.29, 1.82) is 5.26 Å². The van der Waals surface area contributed by atoms with Gasteiger partial charge in [0, 0.05) is 45.8 Å². The fourth-order valence-electron chi connectivity index (χ4n) is 4.75. The second kappa shape index (κ2) is 8.91. The first-order valence-corrected chi connectivity index (χ1v) is 10.8. The van der Waals surface area contributed by atoms with Crippen LogP contribution in [-0.2, 0) is 25.4 Å². The summed E-state index contributed by atoms with van der Waals surface area (Å²) in [6.45, 7) is 2.11. The number of piperidine rings is 1. The van der Waals surface area contributed by atoms with Crippen molar-refractivity contribution in [3.63, 3.8) is 0 Å². The number of anilines is 1. The van der Waals surface area contributed by atoms with Crippen molar-refractivity contribution in [3.8, 4) is 6.07 Å². The fraction of sp³-hybridized carbons (Fsp3) is 0.500. The standard InChI is InChI=1S/C22H27FN6OS/c1-25-20-19(10-24)21(28(3)22(31)27(20)2)26-16-8-17-12-30-13-18(9-16)29(17)11-14-4-6-15(23)7-5-14/h4-7,16-18,26H,8-9,11-13H2,1-3H3/b25-20-. The predicted octanol–water partition coefficient (Wildman–Crippen LogP) is 2.48. The Kier molecular flexibility index (Phi) is 6.23. The topological polar surface area (TPSA) is 70.5 Å². The van der Waals surface area contributed by atoms with Crippen molar-refractivity contribution >= 4 is 18.0 Å². The molecule has 9 heteroatoms. The zero-order chi connectivity index (χ0) is 22.1. The number of halogens is 1. The van der Waals surface area contributed by atoms with Gasteiger partial charge in [0.05, 0.1) is 13.2 Å². The van der Waals surface area contributed by atoms with E-state index in [-0.39, 0.29) is 23.9 Å². The molecule has 31 heavy (non-hydrogen) atoms. The third kappa shape index (κ3) is 4.15. The van der Waals surface area contributed by atoms with Crippen molar-refractivity contribution in [3.05, 3.63) is 51.5 Å². The first-order valence-electron chi connectivity index (χ1n) is 10.4. The number of nitrogens with zero attached hydrogens (tertiary/aromatic N) is 5. The summed E-state index contributed by atoms with van der Waals surface area (Å²) in [6.07, 6.45) is 1.77. The molecule has 2 saturated heterocycles. The van der Waals surface area contributed by atoms with Gasteiger partial charge in [0.2, 0.25) is 0 Å². The summed E-state index contributed by atoms with van der Waals surface area (Å²) in [4.78, 5) is 6.75. The number of nitrogens with one attached hydrogen (secondary N) is 1. The lowest BCUT2D eigenvalue weighted by Gasteiger charge is -2.49. The van der Waals surface area contributed by atoms with Crippen molar-refractivity contribution in [2.45, 2.75) is 37.5 Å². The highest BCUT2D eigenvalue weighted by Crippen LogP contribution is 2.31. The van der Waals surface area contributed by atoms with Gasteiger partial charge in [-0.15, -0.1) is 0 Å². The Labute approximate surface area is 186 Å². The van der Waals surface area contributed by atoms with Crippen LogP contribution in [-0.4, -0.2) is 52.4 Å². The average Bonchev–Trinajstić information content (AvgIpc) is 2.75. The molecule has 164 valence electrons. The molecule has 2 atom stereocenters. The molecular weight excluding hydrogens is 415 g/mol. The van der Waals surface area contributed by atoms with E-state index in [0.717, 1.165) is 24.9 Å².